The van der Waals surface area contributed by atoms with Gasteiger partial charge in [-0.25, -0.2) is 8.78 Å². The number of piperidine rings is 1. The van der Waals surface area contributed by atoms with Crippen LogP contribution in [0.25, 0.3) is 0 Å². The van der Waals surface area contributed by atoms with Crippen LogP contribution in [-0.4, -0.2) is 30.8 Å². The van der Waals surface area contributed by atoms with Crippen molar-refractivity contribution in [1.82, 2.24) is 5.32 Å². The van der Waals surface area contributed by atoms with Crippen LogP contribution in [0.3, 0.4) is 0 Å². The second kappa shape index (κ2) is 7.18. The van der Waals surface area contributed by atoms with Crippen molar-refractivity contribution in [3.63, 3.8) is 0 Å². The first-order valence-corrected chi connectivity index (χ1v) is 7.58. The minimum absolute atomic E-state index is 0.0692. The minimum atomic E-state index is -0.502. The molecule has 2 rings (SSSR count). The molecule has 0 spiro atoms. The van der Waals surface area contributed by atoms with Crippen molar-refractivity contribution in [2.24, 2.45) is 5.92 Å². The third-order valence-electron chi connectivity index (χ3n) is 3.98. The average Bonchev–Trinajstić information content (AvgIpc) is 2.45. The highest BCUT2D eigenvalue weighted by molar-refractivity contribution is 5.51. The smallest absolute Gasteiger partial charge is 0.149 e. The summed E-state index contributed by atoms with van der Waals surface area (Å²) in [5.41, 5.74) is 0.687. The summed E-state index contributed by atoms with van der Waals surface area (Å²) < 4.78 is 28.5. The van der Waals surface area contributed by atoms with E-state index in [4.69, 9.17) is 5.11 Å². The Bertz CT molecular complexity index is 448. The molecule has 1 fully saturated rings. The zero-order valence-electron chi connectivity index (χ0n) is 12.7. The van der Waals surface area contributed by atoms with Gasteiger partial charge in [-0.05, 0) is 36.5 Å². The van der Waals surface area contributed by atoms with Crippen LogP contribution in [0.1, 0.15) is 32.3 Å². The lowest BCUT2D eigenvalue weighted by Gasteiger charge is -2.33. The van der Waals surface area contributed by atoms with Crippen molar-refractivity contribution >= 4 is 5.69 Å². The third-order valence-corrected chi connectivity index (χ3v) is 3.98. The first kappa shape index (κ1) is 16.2. The van der Waals surface area contributed by atoms with E-state index in [0.717, 1.165) is 12.8 Å². The van der Waals surface area contributed by atoms with Gasteiger partial charge in [0.2, 0.25) is 0 Å². The third kappa shape index (κ3) is 4.14. The number of anilines is 1. The van der Waals surface area contributed by atoms with Crippen molar-refractivity contribution < 1.29 is 13.9 Å². The van der Waals surface area contributed by atoms with E-state index in [2.05, 4.69) is 5.32 Å². The van der Waals surface area contributed by atoms with Crippen molar-refractivity contribution in [2.45, 2.75) is 39.3 Å². The molecule has 0 saturated carbocycles. The number of nitrogens with one attached hydrogen (secondary N) is 1. The Balaban J connectivity index is 2.10. The van der Waals surface area contributed by atoms with Crippen molar-refractivity contribution in [2.75, 3.05) is 24.6 Å². The number of nitrogens with zero attached hydrogens (tertiary/aromatic N) is 1. The molecule has 3 nitrogen and oxygen atoms in total. The van der Waals surface area contributed by atoms with Crippen LogP contribution < -0.4 is 10.2 Å². The van der Waals surface area contributed by atoms with Crippen LogP contribution in [0.4, 0.5) is 14.5 Å². The molecule has 1 aromatic carbocycles. The zero-order chi connectivity index (χ0) is 15.4. The summed E-state index contributed by atoms with van der Waals surface area (Å²) in [5.74, 6) is -0.752. The van der Waals surface area contributed by atoms with Crippen molar-refractivity contribution in [3.8, 4) is 0 Å². The highest BCUT2D eigenvalue weighted by Gasteiger charge is 2.23. The van der Waals surface area contributed by atoms with Gasteiger partial charge in [-0.15, -0.1) is 0 Å². The summed E-state index contributed by atoms with van der Waals surface area (Å²) in [6.07, 6.45) is 1.54. The number of rotatable bonds is 5. The van der Waals surface area contributed by atoms with Gasteiger partial charge < -0.3 is 15.3 Å². The molecule has 0 radical (unpaired) electrons. The molecule has 1 saturated heterocycles. The molecule has 5 heteroatoms. The first-order valence-electron chi connectivity index (χ1n) is 7.58. The van der Waals surface area contributed by atoms with E-state index in [0.29, 0.717) is 25.2 Å². The largest absolute Gasteiger partial charge is 0.396 e. The number of hydrogen-bond donors (Lipinski definition) is 2. The molecule has 0 unspecified atom stereocenters. The molecule has 0 atom stereocenters. The molecule has 0 aliphatic carbocycles. The molecule has 1 aliphatic heterocycles. The minimum Gasteiger partial charge on any atom is -0.396 e. The fourth-order valence-electron chi connectivity index (χ4n) is 2.68. The van der Waals surface area contributed by atoms with Crippen LogP contribution >= 0.6 is 0 Å². The second-order valence-electron chi connectivity index (χ2n) is 6.06. The molecule has 118 valence electrons. The summed E-state index contributed by atoms with van der Waals surface area (Å²) >= 11 is 0. The lowest BCUT2D eigenvalue weighted by Crippen LogP contribution is -2.36. The molecule has 1 aliphatic rings. The van der Waals surface area contributed by atoms with E-state index in [-0.39, 0.29) is 24.3 Å². The zero-order valence-corrected chi connectivity index (χ0v) is 12.7. The quantitative estimate of drug-likeness (QED) is 0.877. The number of aliphatic hydroxyl groups is 1. The fourth-order valence-corrected chi connectivity index (χ4v) is 2.68. The lowest BCUT2D eigenvalue weighted by atomic mass is 9.97. The van der Waals surface area contributed by atoms with Crippen LogP contribution in [0.5, 0.6) is 0 Å². The summed E-state index contributed by atoms with van der Waals surface area (Å²) in [6.45, 7) is 5.76. The second-order valence-corrected chi connectivity index (χ2v) is 6.06. The van der Waals surface area contributed by atoms with Gasteiger partial charge in [-0.3, -0.25) is 0 Å². The number of benzene rings is 1. The topological polar surface area (TPSA) is 35.5 Å². The molecule has 1 heterocycles. The normalized spacial score (nSPS) is 16.8. The fraction of sp³-hybridized carbons (Fsp3) is 0.625. The highest BCUT2D eigenvalue weighted by atomic mass is 19.1. The average molecular weight is 298 g/mol. The number of aliphatic hydroxyl groups excluding tert-OH is 1. The lowest BCUT2D eigenvalue weighted by molar-refractivity contribution is 0.202. The van der Waals surface area contributed by atoms with E-state index < -0.39 is 11.6 Å². The van der Waals surface area contributed by atoms with E-state index in [1.54, 1.807) is 4.90 Å². The van der Waals surface area contributed by atoms with Gasteiger partial charge in [0, 0.05) is 32.3 Å². The predicted molar refractivity (Wildman–Crippen MR) is 80.4 cm³/mol. The predicted octanol–water partition coefficient (Wildman–Crippen LogP) is 2.67. The Labute approximate surface area is 125 Å². The number of hydrogen-bond acceptors (Lipinski definition) is 3. The monoisotopic (exact) mass is 298 g/mol. The molecule has 0 amide bonds. The van der Waals surface area contributed by atoms with Gasteiger partial charge in [0.15, 0.2) is 0 Å². The van der Waals surface area contributed by atoms with E-state index in [1.165, 1.54) is 12.1 Å². The molecular weight excluding hydrogens is 274 g/mol. The van der Waals surface area contributed by atoms with Gasteiger partial charge >= 0.3 is 0 Å². The molecule has 2 N–H and O–H groups in total. The van der Waals surface area contributed by atoms with Crippen LogP contribution in [-0.2, 0) is 6.54 Å². The summed E-state index contributed by atoms with van der Waals surface area (Å²) in [5, 5.41) is 12.3. The highest BCUT2D eigenvalue weighted by Crippen LogP contribution is 2.29. The van der Waals surface area contributed by atoms with Crippen LogP contribution in [0.15, 0.2) is 12.1 Å². The Hall–Kier alpha value is -1.20. The standard InChI is InChI=1S/C16H24F2N2O/c1-11(2)19-9-13-7-14(17)16(15(18)8-13)20-5-3-12(10-21)4-6-20/h7-8,11-12,19,21H,3-6,9-10H2,1-2H3. The summed E-state index contributed by atoms with van der Waals surface area (Å²) in [7, 11) is 0. The maximum atomic E-state index is 14.2. The molecular formula is C16H24F2N2O. The maximum absolute atomic E-state index is 14.2. The van der Waals surface area contributed by atoms with E-state index in [1.807, 2.05) is 13.8 Å². The van der Waals surface area contributed by atoms with Gasteiger partial charge in [-0.2, -0.15) is 0 Å². The molecule has 0 bridgehead atoms. The number of halogens is 2. The van der Waals surface area contributed by atoms with Crippen molar-refractivity contribution in [3.05, 3.63) is 29.3 Å². The Kier molecular flexibility index (Phi) is 5.53. The van der Waals surface area contributed by atoms with Crippen LogP contribution in [0, 0.1) is 17.6 Å². The van der Waals surface area contributed by atoms with Gasteiger partial charge in [0.05, 0.1) is 0 Å². The van der Waals surface area contributed by atoms with E-state index in [9.17, 15) is 8.78 Å². The first-order chi connectivity index (χ1) is 10.0. The molecule has 21 heavy (non-hydrogen) atoms. The van der Waals surface area contributed by atoms with Gasteiger partial charge in [0.1, 0.15) is 17.3 Å². The SMILES string of the molecule is CC(C)NCc1cc(F)c(N2CCC(CO)CC2)c(F)c1. The maximum Gasteiger partial charge on any atom is 0.149 e. The summed E-state index contributed by atoms with van der Waals surface area (Å²) in [6, 6.07) is 3.09. The van der Waals surface area contributed by atoms with Gasteiger partial charge in [0.25, 0.3) is 0 Å². The Morgan fingerprint density at radius 1 is 1.24 bits per heavy atom. The van der Waals surface area contributed by atoms with E-state index >= 15 is 0 Å². The van der Waals surface area contributed by atoms with Gasteiger partial charge in [-0.1, -0.05) is 13.8 Å². The molecule has 0 aromatic heterocycles. The molecule has 1 aromatic rings. The Morgan fingerprint density at radius 3 is 2.29 bits per heavy atom. The summed E-state index contributed by atoms with van der Waals surface area (Å²) in [4.78, 5) is 1.75. The van der Waals surface area contributed by atoms with Crippen molar-refractivity contribution in [1.29, 1.82) is 0 Å². The Morgan fingerprint density at radius 2 is 1.81 bits per heavy atom. The van der Waals surface area contributed by atoms with Crippen LogP contribution in [0.2, 0.25) is 0 Å².